The molecule has 0 fully saturated rings. The van der Waals surface area contributed by atoms with Gasteiger partial charge in [0.15, 0.2) is 6.10 Å². The smallest absolute Gasteiger partial charge is 0.257 e. The molecule has 0 saturated heterocycles. The summed E-state index contributed by atoms with van der Waals surface area (Å²) in [4.78, 5) is 11.8. The minimum atomic E-state index is -1.21. The summed E-state index contributed by atoms with van der Waals surface area (Å²) in [5.41, 5.74) is 1.16. The number of para-hydroxylation sites is 1. The summed E-state index contributed by atoms with van der Waals surface area (Å²) in [5.74, 6) is -0.469. The van der Waals surface area contributed by atoms with E-state index in [2.05, 4.69) is 5.32 Å². The van der Waals surface area contributed by atoms with Crippen LogP contribution in [0, 0.1) is 0 Å². The van der Waals surface area contributed by atoms with Crippen molar-refractivity contribution in [3.8, 4) is 0 Å². The van der Waals surface area contributed by atoms with E-state index in [1.54, 1.807) is 36.4 Å². The molecule has 2 aromatic rings. The highest BCUT2D eigenvalue weighted by molar-refractivity contribution is 6.30. The van der Waals surface area contributed by atoms with Crippen molar-refractivity contribution in [1.29, 1.82) is 0 Å². The summed E-state index contributed by atoms with van der Waals surface area (Å²) in [7, 11) is 0. The third kappa shape index (κ3) is 3.09. The van der Waals surface area contributed by atoms with Gasteiger partial charge in [-0.25, -0.2) is 0 Å². The van der Waals surface area contributed by atoms with Gasteiger partial charge in [-0.05, 0) is 29.8 Å². The van der Waals surface area contributed by atoms with Crippen LogP contribution in [0.25, 0.3) is 0 Å². The van der Waals surface area contributed by atoms with E-state index in [4.69, 9.17) is 11.6 Å². The van der Waals surface area contributed by atoms with Gasteiger partial charge in [0.25, 0.3) is 5.91 Å². The first-order valence-corrected chi connectivity index (χ1v) is 5.84. The minimum Gasteiger partial charge on any atom is -0.378 e. The van der Waals surface area contributed by atoms with Crippen LogP contribution in [0.15, 0.2) is 54.6 Å². The van der Waals surface area contributed by atoms with Crippen molar-refractivity contribution in [1.82, 2.24) is 0 Å². The average Bonchev–Trinajstić information content (AvgIpc) is 2.40. The van der Waals surface area contributed by atoms with Crippen molar-refractivity contribution in [2.45, 2.75) is 6.10 Å². The Morgan fingerprint density at radius 1 is 1.06 bits per heavy atom. The predicted molar refractivity (Wildman–Crippen MR) is 71.5 cm³/mol. The highest BCUT2D eigenvalue weighted by Gasteiger charge is 2.17. The highest BCUT2D eigenvalue weighted by atomic mass is 35.5. The fraction of sp³-hybridized carbons (Fsp3) is 0.0714. The third-order valence-corrected chi connectivity index (χ3v) is 2.73. The number of halogens is 1. The molecule has 0 aromatic heterocycles. The molecule has 2 rings (SSSR count). The lowest BCUT2D eigenvalue weighted by Gasteiger charge is -2.11. The third-order valence-electron chi connectivity index (χ3n) is 2.48. The molecule has 18 heavy (non-hydrogen) atoms. The Morgan fingerprint density at radius 2 is 1.67 bits per heavy atom. The number of anilines is 1. The summed E-state index contributed by atoms with van der Waals surface area (Å²) < 4.78 is 0. The molecule has 0 saturated carbocycles. The quantitative estimate of drug-likeness (QED) is 0.892. The van der Waals surface area contributed by atoms with Crippen molar-refractivity contribution >= 4 is 23.2 Å². The van der Waals surface area contributed by atoms with Crippen molar-refractivity contribution in [3.63, 3.8) is 0 Å². The van der Waals surface area contributed by atoms with E-state index < -0.39 is 12.0 Å². The predicted octanol–water partition coefficient (Wildman–Crippen LogP) is 3.01. The van der Waals surface area contributed by atoms with Gasteiger partial charge in [0.2, 0.25) is 0 Å². The van der Waals surface area contributed by atoms with E-state index in [1.165, 1.54) is 0 Å². The van der Waals surface area contributed by atoms with E-state index in [1.807, 2.05) is 18.2 Å². The summed E-state index contributed by atoms with van der Waals surface area (Å²) >= 11 is 5.74. The molecule has 0 aliphatic heterocycles. The zero-order chi connectivity index (χ0) is 13.0. The SMILES string of the molecule is O=C(Nc1ccccc1)[C@H](O)c1ccc(Cl)cc1. The Labute approximate surface area is 110 Å². The molecule has 0 radical (unpaired) electrons. The first-order chi connectivity index (χ1) is 8.66. The largest absolute Gasteiger partial charge is 0.378 e. The van der Waals surface area contributed by atoms with Gasteiger partial charge in [0.05, 0.1) is 0 Å². The van der Waals surface area contributed by atoms with Crippen LogP contribution in [0.2, 0.25) is 5.02 Å². The molecule has 0 aliphatic rings. The van der Waals surface area contributed by atoms with Crippen molar-refractivity contribution in [2.24, 2.45) is 0 Å². The van der Waals surface area contributed by atoms with Gasteiger partial charge in [-0.15, -0.1) is 0 Å². The number of hydrogen-bond donors (Lipinski definition) is 2. The fourth-order valence-electron chi connectivity index (χ4n) is 1.53. The van der Waals surface area contributed by atoms with Crippen LogP contribution in [0.4, 0.5) is 5.69 Å². The van der Waals surface area contributed by atoms with E-state index in [0.29, 0.717) is 16.3 Å². The van der Waals surface area contributed by atoms with Gasteiger partial charge in [-0.1, -0.05) is 41.9 Å². The maximum atomic E-state index is 11.8. The Kier molecular flexibility index (Phi) is 3.97. The Balaban J connectivity index is 2.07. The minimum absolute atomic E-state index is 0.469. The second-order valence-corrected chi connectivity index (χ2v) is 4.25. The standard InChI is InChI=1S/C14H12ClNO2/c15-11-8-6-10(7-9-11)13(17)14(18)16-12-4-2-1-3-5-12/h1-9,13,17H,(H,16,18)/t13-/m1/s1. The van der Waals surface area contributed by atoms with E-state index in [9.17, 15) is 9.90 Å². The number of carbonyl (C=O) groups excluding carboxylic acids is 1. The number of aliphatic hydroxyl groups excluding tert-OH is 1. The van der Waals surface area contributed by atoms with E-state index >= 15 is 0 Å². The van der Waals surface area contributed by atoms with E-state index in [0.717, 1.165) is 0 Å². The van der Waals surface area contributed by atoms with Crippen LogP contribution >= 0.6 is 11.6 Å². The number of nitrogens with one attached hydrogen (secondary N) is 1. The van der Waals surface area contributed by atoms with Crippen LogP contribution < -0.4 is 5.32 Å². The number of hydrogen-bond acceptors (Lipinski definition) is 2. The van der Waals surface area contributed by atoms with Gasteiger partial charge < -0.3 is 10.4 Å². The van der Waals surface area contributed by atoms with Crippen molar-refractivity contribution in [3.05, 3.63) is 65.2 Å². The van der Waals surface area contributed by atoms with Gasteiger partial charge >= 0.3 is 0 Å². The Morgan fingerprint density at radius 3 is 2.28 bits per heavy atom. The average molecular weight is 262 g/mol. The molecule has 0 unspecified atom stereocenters. The number of benzene rings is 2. The topological polar surface area (TPSA) is 49.3 Å². The molecule has 2 aromatic carbocycles. The number of rotatable bonds is 3. The summed E-state index contributed by atoms with van der Waals surface area (Å²) in [6.07, 6.45) is -1.21. The molecule has 2 N–H and O–H groups in total. The molecule has 0 bridgehead atoms. The molecule has 92 valence electrons. The summed E-state index contributed by atoms with van der Waals surface area (Å²) in [6, 6.07) is 15.5. The lowest BCUT2D eigenvalue weighted by molar-refractivity contribution is -0.124. The van der Waals surface area contributed by atoms with Crippen LogP contribution in [0.5, 0.6) is 0 Å². The van der Waals surface area contributed by atoms with Crippen molar-refractivity contribution in [2.75, 3.05) is 5.32 Å². The molecule has 0 spiro atoms. The highest BCUT2D eigenvalue weighted by Crippen LogP contribution is 2.18. The maximum absolute atomic E-state index is 11.8. The molecule has 3 nitrogen and oxygen atoms in total. The van der Waals surface area contributed by atoms with Crippen LogP contribution in [-0.2, 0) is 4.79 Å². The normalized spacial score (nSPS) is 11.9. The monoisotopic (exact) mass is 261 g/mol. The maximum Gasteiger partial charge on any atom is 0.257 e. The number of aliphatic hydroxyl groups is 1. The van der Waals surface area contributed by atoms with Crippen molar-refractivity contribution < 1.29 is 9.90 Å². The number of amides is 1. The molecular formula is C14H12ClNO2. The lowest BCUT2D eigenvalue weighted by atomic mass is 10.1. The fourth-order valence-corrected chi connectivity index (χ4v) is 1.65. The molecule has 0 heterocycles. The zero-order valence-electron chi connectivity index (χ0n) is 9.51. The zero-order valence-corrected chi connectivity index (χ0v) is 10.3. The molecular weight excluding hydrogens is 250 g/mol. The van der Waals surface area contributed by atoms with Crippen LogP contribution in [0.1, 0.15) is 11.7 Å². The lowest BCUT2D eigenvalue weighted by Crippen LogP contribution is -2.20. The van der Waals surface area contributed by atoms with Gasteiger partial charge in [0, 0.05) is 10.7 Å². The first kappa shape index (κ1) is 12.6. The van der Waals surface area contributed by atoms with E-state index in [-0.39, 0.29) is 0 Å². The molecule has 1 amide bonds. The molecule has 4 heteroatoms. The van der Waals surface area contributed by atoms with Crippen LogP contribution in [0.3, 0.4) is 0 Å². The summed E-state index contributed by atoms with van der Waals surface area (Å²) in [6.45, 7) is 0. The molecule has 1 atom stereocenters. The second-order valence-electron chi connectivity index (χ2n) is 3.81. The summed E-state index contributed by atoms with van der Waals surface area (Å²) in [5, 5.41) is 13.1. The second kappa shape index (κ2) is 5.67. The number of carbonyl (C=O) groups is 1. The Bertz CT molecular complexity index is 525. The van der Waals surface area contributed by atoms with Gasteiger partial charge in [0.1, 0.15) is 0 Å². The Hall–Kier alpha value is -1.84. The van der Waals surface area contributed by atoms with Crippen LogP contribution in [-0.4, -0.2) is 11.0 Å². The molecule has 0 aliphatic carbocycles. The van der Waals surface area contributed by atoms with Gasteiger partial charge in [-0.2, -0.15) is 0 Å². The van der Waals surface area contributed by atoms with Gasteiger partial charge in [-0.3, -0.25) is 4.79 Å². The first-order valence-electron chi connectivity index (χ1n) is 5.46.